The summed E-state index contributed by atoms with van der Waals surface area (Å²) in [6, 6.07) is 9.80. The summed E-state index contributed by atoms with van der Waals surface area (Å²) >= 11 is 0. The summed E-state index contributed by atoms with van der Waals surface area (Å²) in [6.07, 6.45) is 0.881. The van der Waals surface area contributed by atoms with Crippen molar-refractivity contribution in [3.8, 4) is 5.75 Å². The molecule has 0 aromatic heterocycles. The van der Waals surface area contributed by atoms with Gasteiger partial charge in [0, 0.05) is 18.4 Å². The van der Waals surface area contributed by atoms with Crippen LogP contribution in [0.1, 0.15) is 27.2 Å². The highest BCUT2D eigenvalue weighted by Crippen LogP contribution is 2.12. The largest absolute Gasteiger partial charge is 0.494 e. The Morgan fingerprint density at radius 3 is 2.47 bits per heavy atom. The van der Waals surface area contributed by atoms with E-state index in [1.54, 1.807) is 0 Å². The Morgan fingerprint density at radius 1 is 1.24 bits per heavy atom. The van der Waals surface area contributed by atoms with Crippen molar-refractivity contribution in [2.45, 2.75) is 27.2 Å². The highest BCUT2D eigenvalue weighted by Gasteiger charge is 2.14. The van der Waals surface area contributed by atoms with Gasteiger partial charge in [-0.15, -0.1) is 0 Å². The minimum absolute atomic E-state index is 0.0414. The second-order valence-corrected chi connectivity index (χ2v) is 5.03. The number of hydrogen-bond donors (Lipinski definition) is 1. The van der Waals surface area contributed by atoms with Gasteiger partial charge in [-0.05, 0) is 12.1 Å². The number of aliphatic imine (C=N–C) groups is 1. The van der Waals surface area contributed by atoms with Crippen LogP contribution in [0.3, 0.4) is 0 Å². The van der Waals surface area contributed by atoms with Gasteiger partial charge in [0.1, 0.15) is 5.75 Å². The number of ether oxygens (including phenoxy) is 1. The van der Waals surface area contributed by atoms with Crippen molar-refractivity contribution in [1.29, 1.82) is 0 Å². The third-order valence-electron chi connectivity index (χ3n) is 2.36. The standard InChI is InChI=1S/C14H22N2O/c1-14(2,3)13(15)16-10-7-11-17-12-8-5-4-6-9-12/h4-6,8-9H,7,10-11H2,1-3H3,(H2,15,16). The Kier molecular flexibility index (Phi) is 5.01. The number of hydrogen-bond acceptors (Lipinski definition) is 2. The molecular weight excluding hydrogens is 212 g/mol. The molecule has 0 fully saturated rings. The van der Waals surface area contributed by atoms with Gasteiger partial charge in [-0.3, -0.25) is 4.99 Å². The smallest absolute Gasteiger partial charge is 0.119 e. The fourth-order valence-electron chi connectivity index (χ4n) is 1.21. The molecule has 0 radical (unpaired) electrons. The lowest BCUT2D eigenvalue weighted by Crippen LogP contribution is -2.29. The van der Waals surface area contributed by atoms with Crippen molar-refractivity contribution in [3.05, 3.63) is 30.3 Å². The molecule has 1 aromatic rings. The van der Waals surface area contributed by atoms with E-state index in [4.69, 9.17) is 10.5 Å². The Morgan fingerprint density at radius 2 is 1.88 bits per heavy atom. The van der Waals surface area contributed by atoms with Gasteiger partial charge in [0.05, 0.1) is 12.4 Å². The number of benzene rings is 1. The first-order valence-electron chi connectivity index (χ1n) is 5.98. The molecule has 0 saturated carbocycles. The number of rotatable bonds is 5. The topological polar surface area (TPSA) is 47.6 Å². The van der Waals surface area contributed by atoms with Gasteiger partial charge in [0.25, 0.3) is 0 Å². The Balaban J connectivity index is 2.22. The van der Waals surface area contributed by atoms with Crippen molar-refractivity contribution in [1.82, 2.24) is 0 Å². The zero-order valence-corrected chi connectivity index (χ0v) is 10.9. The summed E-state index contributed by atoms with van der Waals surface area (Å²) < 4.78 is 5.56. The average molecular weight is 234 g/mol. The number of amidine groups is 1. The normalized spacial score (nSPS) is 12.5. The molecule has 0 aliphatic rings. The monoisotopic (exact) mass is 234 g/mol. The summed E-state index contributed by atoms with van der Waals surface area (Å²) in [5.74, 6) is 1.61. The molecule has 0 bridgehead atoms. The van der Waals surface area contributed by atoms with Crippen LogP contribution in [-0.2, 0) is 0 Å². The van der Waals surface area contributed by atoms with Crippen LogP contribution in [0.4, 0.5) is 0 Å². The van der Waals surface area contributed by atoms with Crippen molar-refractivity contribution >= 4 is 5.84 Å². The second kappa shape index (κ2) is 6.28. The molecule has 2 N–H and O–H groups in total. The van der Waals surface area contributed by atoms with Crippen LogP contribution in [0.5, 0.6) is 5.75 Å². The zero-order chi connectivity index (χ0) is 12.7. The Bertz CT molecular complexity index is 352. The molecule has 0 heterocycles. The first kappa shape index (κ1) is 13.6. The van der Waals surface area contributed by atoms with Crippen LogP contribution in [-0.4, -0.2) is 19.0 Å². The van der Waals surface area contributed by atoms with Crippen molar-refractivity contribution in [2.24, 2.45) is 16.1 Å². The van der Waals surface area contributed by atoms with Gasteiger partial charge in [-0.1, -0.05) is 39.0 Å². The van der Waals surface area contributed by atoms with E-state index in [0.29, 0.717) is 12.4 Å². The number of nitrogens with two attached hydrogens (primary N) is 1. The highest BCUT2D eigenvalue weighted by atomic mass is 16.5. The third-order valence-corrected chi connectivity index (χ3v) is 2.36. The fraction of sp³-hybridized carbons (Fsp3) is 0.500. The molecule has 1 rings (SSSR count). The molecule has 0 aliphatic heterocycles. The van der Waals surface area contributed by atoms with E-state index in [1.807, 2.05) is 30.3 Å². The molecule has 0 aliphatic carbocycles. The summed E-state index contributed by atoms with van der Waals surface area (Å²) in [4.78, 5) is 4.34. The van der Waals surface area contributed by atoms with E-state index in [0.717, 1.165) is 18.7 Å². The lowest BCUT2D eigenvalue weighted by Gasteiger charge is -2.17. The first-order chi connectivity index (χ1) is 8.00. The van der Waals surface area contributed by atoms with Gasteiger partial charge >= 0.3 is 0 Å². The van der Waals surface area contributed by atoms with Crippen molar-refractivity contribution < 1.29 is 4.74 Å². The fourth-order valence-corrected chi connectivity index (χ4v) is 1.21. The molecule has 17 heavy (non-hydrogen) atoms. The van der Waals surface area contributed by atoms with Crippen LogP contribution in [0.15, 0.2) is 35.3 Å². The van der Waals surface area contributed by atoms with E-state index in [-0.39, 0.29) is 5.41 Å². The number of para-hydroxylation sites is 1. The van der Waals surface area contributed by atoms with Gasteiger partial charge in [-0.25, -0.2) is 0 Å². The van der Waals surface area contributed by atoms with E-state index < -0.39 is 0 Å². The SMILES string of the molecule is CC(C)(C)C(N)=NCCCOc1ccccc1. The molecule has 0 spiro atoms. The van der Waals surface area contributed by atoms with Crippen LogP contribution in [0, 0.1) is 5.41 Å². The van der Waals surface area contributed by atoms with E-state index in [1.165, 1.54) is 0 Å². The zero-order valence-electron chi connectivity index (χ0n) is 10.9. The first-order valence-corrected chi connectivity index (χ1v) is 5.98. The third kappa shape index (κ3) is 5.38. The molecule has 3 nitrogen and oxygen atoms in total. The summed E-state index contributed by atoms with van der Waals surface area (Å²) in [5.41, 5.74) is 5.81. The van der Waals surface area contributed by atoms with Crippen LogP contribution in [0.2, 0.25) is 0 Å². The molecular formula is C14H22N2O. The van der Waals surface area contributed by atoms with Gasteiger partial charge in [0.2, 0.25) is 0 Å². The maximum absolute atomic E-state index is 5.85. The Labute approximate surface area is 104 Å². The quantitative estimate of drug-likeness (QED) is 0.484. The minimum Gasteiger partial charge on any atom is -0.494 e. The van der Waals surface area contributed by atoms with Gasteiger partial charge in [-0.2, -0.15) is 0 Å². The second-order valence-electron chi connectivity index (χ2n) is 5.03. The lowest BCUT2D eigenvalue weighted by molar-refractivity contribution is 0.313. The lowest BCUT2D eigenvalue weighted by atomic mass is 9.95. The van der Waals surface area contributed by atoms with Crippen LogP contribution >= 0.6 is 0 Å². The average Bonchev–Trinajstić information content (AvgIpc) is 2.28. The van der Waals surface area contributed by atoms with E-state index >= 15 is 0 Å². The van der Waals surface area contributed by atoms with Crippen molar-refractivity contribution in [2.75, 3.05) is 13.2 Å². The molecule has 1 aromatic carbocycles. The molecule has 3 heteroatoms. The molecule has 0 saturated heterocycles. The van der Waals surface area contributed by atoms with E-state index in [9.17, 15) is 0 Å². The van der Waals surface area contributed by atoms with Crippen molar-refractivity contribution in [3.63, 3.8) is 0 Å². The molecule has 94 valence electrons. The Hall–Kier alpha value is -1.51. The van der Waals surface area contributed by atoms with Gasteiger partial charge in [0.15, 0.2) is 0 Å². The summed E-state index contributed by atoms with van der Waals surface area (Å²) in [5, 5.41) is 0. The summed E-state index contributed by atoms with van der Waals surface area (Å²) in [7, 11) is 0. The highest BCUT2D eigenvalue weighted by molar-refractivity contribution is 5.85. The predicted molar refractivity (Wildman–Crippen MR) is 72.5 cm³/mol. The molecule has 0 amide bonds. The summed E-state index contributed by atoms with van der Waals surface area (Å²) in [6.45, 7) is 7.58. The maximum Gasteiger partial charge on any atom is 0.119 e. The maximum atomic E-state index is 5.85. The predicted octanol–water partition coefficient (Wildman–Crippen LogP) is 2.86. The molecule has 0 atom stereocenters. The molecule has 0 unspecified atom stereocenters. The van der Waals surface area contributed by atoms with Crippen LogP contribution < -0.4 is 10.5 Å². The van der Waals surface area contributed by atoms with Crippen LogP contribution in [0.25, 0.3) is 0 Å². The number of nitrogens with zero attached hydrogens (tertiary/aromatic N) is 1. The van der Waals surface area contributed by atoms with Gasteiger partial charge < -0.3 is 10.5 Å². The van der Waals surface area contributed by atoms with E-state index in [2.05, 4.69) is 25.8 Å². The minimum atomic E-state index is -0.0414.